The lowest BCUT2D eigenvalue weighted by Gasteiger charge is -2.17. The number of hydrogen-bond donors (Lipinski definition) is 1. The van der Waals surface area contributed by atoms with Crippen molar-refractivity contribution in [3.8, 4) is 5.75 Å². The van der Waals surface area contributed by atoms with Crippen LogP contribution in [0.5, 0.6) is 5.75 Å². The Labute approximate surface area is 151 Å². The minimum atomic E-state index is -0.0516. The van der Waals surface area contributed by atoms with E-state index in [4.69, 9.17) is 39.5 Å². The van der Waals surface area contributed by atoms with Crippen LogP contribution in [-0.4, -0.2) is 44.1 Å². The predicted molar refractivity (Wildman–Crippen MR) is 92.8 cm³/mol. The van der Waals surface area contributed by atoms with Crippen LogP contribution in [0.25, 0.3) is 0 Å². The van der Waals surface area contributed by atoms with Crippen molar-refractivity contribution in [2.75, 3.05) is 33.3 Å². The van der Waals surface area contributed by atoms with Gasteiger partial charge in [0.05, 0.1) is 15.1 Å². The van der Waals surface area contributed by atoms with Gasteiger partial charge in [0.15, 0.2) is 6.61 Å². The van der Waals surface area contributed by atoms with Crippen LogP contribution in [-0.2, 0) is 4.79 Å². The molecule has 0 bridgehead atoms. The van der Waals surface area contributed by atoms with Gasteiger partial charge in [0.1, 0.15) is 5.75 Å². The molecule has 0 saturated carbocycles. The largest absolute Gasteiger partial charge is 0.482 e. The first-order valence-electron chi connectivity index (χ1n) is 6.71. The summed E-state index contributed by atoms with van der Waals surface area (Å²) in [4.78, 5) is 13.9. The van der Waals surface area contributed by atoms with Gasteiger partial charge in [-0.2, -0.15) is 0 Å². The molecule has 1 heterocycles. The van der Waals surface area contributed by atoms with Crippen LogP contribution < -0.4 is 10.1 Å². The molecule has 1 atom stereocenters. The lowest BCUT2D eigenvalue weighted by atomic mass is 10.1. The number of likely N-dealkylation sites (tertiary alicyclic amines) is 1. The molecule has 8 heteroatoms. The lowest BCUT2D eigenvalue weighted by molar-refractivity contribution is -0.132. The minimum absolute atomic E-state index is 0. The highest BCUT2D eigenvalue weighted by Crippen LogP contribution is 2.33. The second-order valence-corrected chi connectivity index (χ2v) is 6.26. The number of carbonyl (C=O) groups excluding carboxylic acids is 1. The molecule has 1 aliphatic heterocycles. The third-order valence-corrected chi connectivity index (χ3v) is 4.47. The van der Waals surface area contributed by atoms with Crippen molar-refractivity contribution in [3.05, 3.63) is 27.2 Å². The van der Waals surface area contributed by atoms with E-state index in [1.807, 2.05) is 11.9 Å². The van der Waals surface area contributed by atoms with Gasteiger partial charge in [0.2, 0.25) is 0 Å². The van der Waals surface area contributed by atoms with Gasteiger partial charge in [-0.05, 0) is 32.0 Å². The summed E-state index contributed by atoms with van der Waals surface area (Å²) >= 11 is 17.8. The maximum atomic E-state index is 12.1. The fraction of sp³-hybridized carbons (Fsp3) is 0.500. The Morgan fingerprint density at radius 3 is 2.68 bits per heavy atom. The number of amides is 1. The molecule has 1 aromatic carbocycles. The summed E-state index contributed by atoms with van der Waals surface area (Å²) in [5, 5.41) is 4.17. The summed E-state index contributed by atoms with van der Waals surface area (Å²) in [6.07, 6.45) is 1.01. The predicted octanol–water partition coefficient (Wildman–Crippen LogP) is 3.52. The maximum absolute atomic E-state index is 12.1. The molecule has 1 fully saturated rings. The highest BCUT2D eigenvalue weighted by molar-refractivity contribution is 6.43. The summed E-state index contributed by atoms with van der Waals surface area (Å²) in [5.41, 5.74) is 0. The van der Waals surface area contributed by atoms with Gasteiger partial charge in [-0.3, -0.25) is 4.79 Å². The molecule has 4 nitrogen and oxygen atoms in total. The fourth-order valence-electron chi connectivity index (χ4n) is 2.36. The summed E-state index contributed by atoms with van der Waals surface area (Å²) in [5.74, 6) is 0.827. The zero-order chi connectivity index (χ0) is 15.4. The van der Waals surface area contributed by atoms with Gasteiger partial charge in [-0.25, -0.2) is 0 Å². The van der Waals surface area contributed by atoms with Crippen molar-refractivity contribution in [1.29, 1.82) is 0 Å². The monoisotopic (exact) mass is 386 g/mol. The smallest absolute Gasteiger partial charge is 0.260 e. The van der Waals surface area contributed by atoms with Gasteiger partial charge in [0, 0.05) is 19.2 Å². The molecule has 0 spiro atoms. The number of ether oxygens (including phenoxy) is 1. The number of halogens is 4. The van der Waals surface area contributed by atoms with Crippen LogP contribution in [0.15, 0.2) is 12.1 Å². The Hall–Kier alpha value is -0.390. The second-order valence-electron chi connectivity index (χ2n) is 5.04. The summed E-state index contributed by atoms with van der Waals surface area (Å²) < 4.78 is 5.46. The van der Waals surface area contributed by atoms with E-state index in [1.54, 1.807) is 0 Å². The molecule has 2 rings (SSSR count). The number of hydrogen-bond acceptors (Lipinski definition) is 3. The van der Waals surface area contributed by atoms with Crippen LogP contribution >= 0.6 is 47.2 Å². The Bertz CT molecular complexity index is 528. The van der Waals surface area contributed by atoms with E-state index >= 15 is 0 Å². The minimum Gasteiger partial charge on any atom is -0.482 e. The van der Waals surface area contributed by atoms with E-state index < -0.39 is 0 Å². The molecule has 22 heavy (non-hydrogen) atoms. The number of nitrogens with one attached hydrogen (secondary N) is 1. The van der Waals surface area contributed by atoms with Gasteiger partial charge in [-0.1, -0.05) is 34.8 Å². The molecule has 0 aromatic heterocycles. The number of rotatable bonds is 5. The van der Waals surface area contributed by atoms with Crippen molar-refractivity contribution in [2.45, 2.75) is 6.42 Å². The van der Waals surface area contributed by atoms with E-state index in [0.29, 0.717) is 26.7 Å². The van der Waals surface area contributed by atoms with E-state index in [1.165, 1.54) is 12.1 Å². The number of carbonyl (C=O) groups is 1. The molecule has 1 N–H and O–H groups in total. The van der Waals surface area contributed by atoms with Gasteiger partial charge < -0.3 is 15.0 Å². The molecule has 1 amide bonds. The molecular formula is C14H18Cl4N2O2. The normalized spacial score (nSPS) is 17.3. The molecule has 1 saturated heterocycles. The van der Waals surface area contributed by atoms with Crippen LogP contribution in [0.1, 0.15) is 6.42 Å². The van der Waals surface area contributed by atoms with Crippen LogP contribution in [0, 0.1) is 5.92 Å². The van der Waals surface area contributed by atoms with E-state index in [9.17, 15) is 4.79 Å². The highest BCUT2D eigenvalue weighted by atomic mass is 35.5. The summed E-state index contributed by atoms with van der Waals surface area (Å²) in [7, 11) is 1.92. The van der Waals surface area contributed by atoms with E-state index in [2.05, 4.69) is 5.32 Å². The lowest BCUT2D eigenvalue weighted by Crippen LogP contribution is -2.34. The van der Waals surface area contributed by atoms with Crippen LogP contribution in [0.3, 0.4) is 0 Å². The van der Waals surface area contributed by atoms with Gasteiger partial charge >= 0.3 is 0 Å². The van der Waals surface area contributed by atoms with Crippen molar-refractivity contribution >= 4 is 53.1 Å². The Kier molecular flexibility index (Phi) is 8.08. The highest BCUT2D eigenvalue weighted by Gasteiger charge is 2.26. The molecule has 0 aliphatic carbocycles. The van der Waals surface area contributed by atoms with Crippen molar-refractivity contribution in [2.24, 2.45) is 5.92 Å². The molecule has 0 radical (unpaired) electrons. The van der Waals surface area contributed by atoms with E-state index in [0.717, 1.165) is 26.1 Å². The molecule has 124 valence electrons. The first-order valence-corrected chi connectivity index (χ1v) is 7.84. The topological polar surface area (TPSA) is 41.6 Å². The van der Waals surface area contributed by atoms with Crippen LogP contribution in [0.4, 0.5) is 0 Å². The Balaban J connectivity index is 0.00000242. The molecule has 1 unspecified atom stereocenters. The van der Waals surface area contributed by atoms with E-state index in [-0.39, 0.29) is 24.9 Å². The maximum Gasteiger partial charge on any atom is 0.260 e. The number of benzene rings is 1. The second kappa shape index (κ2) is 9.04. The summed E-state index contributed by atoms with van der Waals surface area (Å²) in [6, 6.07) is 3.03. The Morgan fingerprint density at radius 1 is 1.32 bits per heavy atom. The number of nitrogens with zero attached hydrogens (tertiary/aromatic N) is 1. The first kappa shape index (κ1) is 19.7. The quantitative estimate of drug-likeness (QED) is 0.786. The standard InChI is InChI=1S/C14H17Cl3N2O2.ClH/c1-18-6-9-2-3-19(7-9)14(20)8-21-13-5-11(16)10(15)4-12(13)17;/h4-5,9,18H,2-3,6-8H2,1H3;1H. The zero-order valence-corrected chi connectivity index (χ0v) is 15.2. The average Bonchev–Trinajstić information content (AvgIpc) is 2.90. The third kappa shape index (κ3) is 5.07. The first-order chi connectivity index (χ1) is 10.0. The zero-order valence-electron chi connectivity index (χ0n) is 12.1. The van der Waals surface area contributed by atoms with Gasteiger partial charge in [0.25, 0.3) is 5.91 Å². The Morgan fingerprint density at radius 2 is 2.00 bits per heavy atom. The SMILES string of the molecule is CNCC1CCN(C(=O)COc2cc(Cl)c(Cl)cc2Cl)C1.Cl. The molecule has 1 aliphatic rings. The third-order valence-electron chi connectivity index (χ3n) is 3.46. The molecular weight excluding hydrogens is 370 g/mol. The van der Waals surface area contributed by atoms with Crippen LogP contribution in [0.2, 0.25) is 15.1 Å². The van der Waals surface area contributed by atoms with Crippen molar-refractivity contribution in [3.63, 3.8) is 0 Å². The average molecular weight is 388 g/mol. The fourth-order valence-corrected chi connectivity index (χ4v) is 2.95. The van der Waals surface area contributed by atoms with Crippen molar-refractivity contribution in [1.82, 2.24) is 10.2 Å². The van der Waals surface area contributed by atoms with Gasteiger partial charge in [-0.15, -0.1) is 12.4 Å². The van der Waals surface area contributed by atoms with Crippen molar-refractivity contribution < 1.29 is 9.53 Å². The molecule has 1 aromatic rings. The summed E-state index contributed by atoms with van der Waals surface area (Å²) in [6.45, 7) is 2.40.